The van der Waals surface area contributed by atoms with Crippen molar-refractivity contribution in [2.24, 2.45) is 0 Å². The van der Waals surface area contributed by atoms with Crippen LogP contribution in [0.3, 0.4) is 0 Å². The molecule has 8 heteroatoms. The molecule has 0 bridgehead atoms. The molecule has 0 saturated carbocycles. The van der Waals surface area contributed by atoms with Gasteiger partial charge in [-0.15, -0.1) is 0 Å². The Morgan fingerprint density at radius 2 is 2.00 bits per heavy atom. The Balaban J connectivity index is 1.97. The normalized spacial score (nSPS) is 11.0. The van der Waals surface area contributed by atoms with Crippen molar-refractivity contribution in [2.45, 2.75) is 33.8 Å². The van der Waals surface area contributed by atoms with Crippen LogP contribution >= 0.6 is 11.3 Å². The molecule has 0 radical (unpaired) electrons. The Labute approximate surface area is 159 Å². The number of nitrogens with zero attached hydrogens (tertiary/aromatic N) is 1. The van der Waals surface area contributed by atoms with Crippen LogP contribution in [-0.2, 0) is 0 Å². The van der Waals surface area contributed by atoms with E-state index in [0.717, 1.165) is 17.4 Å². The van der Waals surface area contributed by atoms with Gasteiger partial charge in [0, 0.05) is 24.4 Å². The Morgan fingerprint density at radius 1 is 1.26 bits per heavy atom. The van der Waals surface area contributed by atoms with Gasteiger partial charge in [-0.25, -0.2) is 9.78 Å². The summed E-state index contributed by atoms with van der Waals surface area (Å²) in [5, 5.41) is 3.42. The molecule has 27 heavy (non-hydrogen) atoms. The second-order valence-corrected chi connectivity index (χ2v) is 7.25. The van der Waals surface area contributed by atoms with Crippen LogP contribution in [0.15, 0.2) is 33.5 Å². The summed E-state index contributed by atoms with van der Waals surface area (Å²) < 4.78 is 10.8. The summed E-state index contributed by atoms with van der Waals surface area (Å²) in [4.78, 5) is 40.8. The first-order valence-electron chi connectivity index (χ1n) is 8.29. The molecule has 0 aliphatic rings. The number of amides is 1. The van der Waals surface area contributed by atoms with Crippen LogP contribution in [0, 0.1) is 6.92 Å². The monoisotopic (exact) mass is 386 g/mol. The lowest BCUT2D eigenvalue weighted by molar-refractivity contribution is 0.101. The minimum absolute atomic E-state index is 0.0377. The van der Waals surface area contributed by atoms with E-state index in [1.54, 1.807) is 25.1 Å². The van der Waals surface area contributed by atoms with Gasteiger partial charge in [0.1, 0.15) is 11.3 Å². The van der Waals surface area contributed by atoms with E-state index >= 15 is 0 Å². The first kappa shape index (κ1) is 18.8. The zero-order valence-electron chi connectivity index (χ0n) is 15.3. The molecule has 1 N–H and O–H groups in total. The molecular formula is C19H18N2O5S. The van der Waals surface area contributed by atoms with Crippen molar-refractivity contribution in [2.75, 3.05) is 5.32 Å². The number of carbonyl (C=O) groups excluding carboxylic acids is 2. The highest BCUT2D eigenvalue weighted by Crippen LogP contribution is 2.26. The minimum Gasteiger partial charge on any atom is -0.491 e. The van der Waals surface area contributed by atoms with Crippen LogP contribution in [0.1, 0.15) is 46.5 Å². The first-order valence-corrected chi connectivity index (χ1v) is 9.10. The van der Waals surface area contributed by atoms with Gasteiger partial charge in [0.25, 0.3) is 5.91 Å². The summed E-state index contributed by atoms with van der Waals surface area (Å²) in [6.45, 7) is 6.91. The number of nitrogens with one attached hydrogen (secondary N) is 1. The summed E-state index contributed by atoms with van der Waals surface area (Å²) in [7, 11) is 0. The SMILES string of the molecule is CC(=O)c1sc(NC(=O)c2cc(=O)oc3cc(OC(C)C)ccc23)nc1C. The van der Waals surface area contributed by atoms with Gasteiger partial charge in [-0.3, -0.25) is 14.9 Å². The Kier molecular flexibility index (Phi) is 5.09. The fourth-order valence-electron chi connectivity index (χ4n) is 2.62. The predicted octanol–water partition coefficient (Wildman–Crippen LogP) is 3.80. The number of thiazole rings is 1. The molecule has 0 aliphatic heterocycles. The van der Waals surface area contributed by atoms with Gasteiger partial charge < -0.3 is 9.15 Å². The quantitative estimate of drug-likeness (QED) is 0.529. The molecule has 7 nitrogen and oxygen atoms in total. The number of anilines is 1. The van der Waals surface area contributed by atoms with Crippen molar-refractivity contribution in [1.29, 1.82) is 0 Å². The predicted molar refractivity (Wildman–Crippen MR) is 103 cm³/mol. The van der Waals surface area contributed by atoms with Gasteiger partial charge >= 0.3 is 5.63 Å². The molecule has 0 spiro atoms. The zero-order valence-corrected chi connectivity index (χ0v) is 16.1. The largest absolute Gasteiger partial charge is 0.491 e. The third kappa shape index (κ3) is 4.06. The molecule has 0 atom stereocenters. The molecule has 3 aromatic rings. The number of hydrogen-bond donors (Lipinski definition) is 1. The lowest BCUT2D eigenvalue weighted by Crippen LogP contribution is -2.15. The lowest BCUT2D eigenvalue weighted by atomic mass is 10.1. The molecule has 1 aromatic carbocycles. The maximum atomic E-state index is 12.7. The average Bonchev–Trinajstić information content (AvgIpc) is 2.93. The Morgan fingerprint density at radius 3 is 2.63 bits per heavy atom. The number of benzene rings is 1. The van der Waals surface area contributed by atoms with Gasteiger partial charge in [-0.1, -0.05) is 11.3 Å². The van der Waals surface area contributed by atoms with Gasteiger partial charge in [0.05, 0.1) is 22.2 Å². The van der Waals surface area contributed by atoms with Crippen LogP contribution < -0.4 is 15.7 Å². The molecular weight excluding hydrogens is 368 g/mol. The van der Waals surface area contributed by atoms with E-state index in [9.17, 15) is 14.4 Å². The van der Waals surface area contributed by atoms with Crippen molar-refractivity contribution in [3.05, 3.63) is 50.8 Å². The van der Waals surface area contributed by atoms with Crippen molar-refractivity contribution in [3.63, 3.8) is 0 Å². The summed E-state index contributed by atoms with van der Waals surface area (Å²) in [5.74, 6) is -0.0804. The number of fused-ring (bicyclic) bond motifs is 1. The molecule has 0 saturated heterocycles. The lowest BCUT2D eigenvalue weighted by Gasteiger charge is -2.11. The number of ketones is 1. The van der Waals surface area contributed by atoms with E-state index in [4.69, 9.17) is 9.15 Å². The molecule has 2 heterocycles. The van der Waals surface area contributed by atoms with E-state index in [1.165, 1.54) is 6.92 Å². The van der Waals surface area contributed by atoms with Crippen molar-refractivity contribution < 1.29 is 18.7 Å². The second kappa shape index (κ2) is 7.32. The second-order valence-electron chi connectivity index (χ2n) is 6.25. The smallest absolute Gasteiger partial charge is 0.337 e. The highest BCUT2D eigenvalue weighted by molar-refractivity contribution is 7.17. The Bertz CT molecular complexity index is 1100. The van der Waals surface area contributed by atoms with Gasteiger partial charge in [-0.2, -0.15) is 0 Å². The number of rotatable bonds is 5. The standard InChI is InChI=1S/C19H18N2O5S/c1-9(2)25-12-5-6-13-14(8-16(23)26-15(13)7-12)18(24)21-19-20-10(3)17(27-19)11(4)22/h5-9H,1-4H3,(H,20,21,24). The fraction of sp³-hybridized carbons (Fsp3) is 0.263. The fourth-order valence-corrected chi connectivity index (χ4v) is 3.47. The van der Waals surface area contributed by atoms with E-state index in [-0.39, 0.29) is 23.0 Å². The van der Waals surface area contributed by atoms with E-state index in [0.29, 0.717) is 26.8 Å². The van der Waals surface area contributed by atoms with Crippen LogP contribution in [0.2, 0.25) is 0 Å². The highest BCUT2D eigenvalue weighted by Gasteiger charge is 2.18. The third-order valence-corrected chi connectivity index (χ3v) is 4.84. The number of aryl methyl sites for hydroxylation is 1. The van der Waals surface area contributed by atoms with Gasteiger partial charge in [0.15, 0.2) is 10.9 Å². The van der Waals surface area contributed by atoms with Gasteiger partial charge in [-0.05, 0) is 32.9 Å². The third-order valence-electron chi connectivity index (χ3n) is 3.67. The summed E-state index contributed by atoms with van der Waals surface area (Å²) in [6, 6.07) is 6.08. The summed E-state index contributed by atoms with van der Waals surface area (Å²) >= 11 is 1.10. The van der Waals surface area contributed by atoms with E-state index in [2.05, 4.69) is 10.3 Å². The van der Waals surface area contributed by atoms with Crippen LogP contribution in [-0.4, -0.2) is 22.8 Å². The van der Waals surface area contributed by atoms with Crippen LogP contribution in [0.25, 0.3) is 11.0 Å². The Hall–Kier alpha value is -3.00. The maximum Gasteiger partial charge on any atom is 0.337 e. The minimum atomic E-state index is -0.644. The van der Waals surface area contributed by atoms with Crippen molar-refractivity contribution in [3.8, 4) is 5.75 Å². The number of hydrogen-bond acceptors (Lipinski definition) is 7. The molecule has 0 unspecified atom stereocenters. The summed E-state index contributed by atoms with van der Waals surface area (Å²) in [5.41, 5.74) is 0.324. The summed E-state index contributed by atoms with van der Waals surface area (Å²) in [6.07, 6.45) is -0.0377. The maximum absolute atomic E-state index is 12.7. The van der Waals surface area contributed by atoms with E-state index < -0.39 is 11.5 Å². The van der Waals surface area contributed by atoms with Gasteiger partial charge in [0.2, 0.25) is 0 Å². The van der Waals surface area contributed by atoms with Crippen molar-refractivity contribution in [1.82, 2.24) is 4.98 Å². The molecule has 3 rings (SSSR count). The van der Waals surface area contributed by atoms with Crippen LogP contribution in [0.4, 0.5) is 5.13 Å². The molecule has 2 aromatic heterocycles. The number of aromatic nitrogens is 1. The number of carbonyl (C=O) groups is 2. The molecule has 0 aliphatic carbocycles. The number of Topliss-reactive ketones (excluding diaryl/α,β-unsaturated/α-hetero) is 1. The first-order chi connectivity index (χ1) is 12.7. The average molecular weight is 386 g/mol. The zero-order chi connectivity index (χ0) is 19.7. The molecule has 1 amide bonds. The van der Waals surface area contributed by atoms with Crippen molar-refractivity contribution >= 4 is 39.1 Å². The molecule has 0 fully saturated rings. The highest BCUT2D eigenvalue weighted by atomic mass is 32.1. The molecule has 140 valence electrons. The van der Waals surface area contributed by atoms with Crippen LogP contribution in [0.5, 0.6) is 5.75 Å². The number of ether oxygens (including phenoxy) is 1. The van der Waals surface area contributed by atoms with E-state index in [1.807, 2.05) is 13.8 Å². The topological polar surface area (TPSA) is 98.5 Å².